The van der Waals surface area contributed by atoms with Gasteiger partial charge in [-0.2, -0.15) is 0 Å². The third kappa shape index (κ3) is 2.38. The second kappa shape index (κ2) is 5.45. The van der Waals surface area contributed by atoms with Crippen molar-refractivity contribution in [1.82, 2.24) is 14.5 Å². The Morgan fingerprint density at radius 1 is 1.35 bits per heavy atom. The molecule has 0 aromatic carbocycles. The van der Waals surface area contributed by atoms with Gasteiger partial charge >= 0.3 is 5.97 Å². The molecule has 23 heavy (non-hydrogen) atoms. The summed E-state index contributed by atoms with van der Waals surface area (Å²) in [5.41, 5.74) is -0.612. The first kappa shape index (κ1) is 14.6. The molecule has 3 heterocycles. The summed E-state index contributed by atoms with van der Waals surface area (Å²) in [6.07, 6.45) is 5.40. The zero-order chi connectivity index (χ0) is 16.6. The number of carbonyl (C=O) groups is 1. The molecule has 0 saturated heterocycles. The number of carboxylic acid groups (broad SMARTS) is 1. The predicted molar refractivity (Wildman–Crippen MR) is 82.5 cm³/mol. The fourth-order valence-corrected chi connectivity index (χ4v) is 2.25. The van der Waals surface area contributed by atoms with Crippen LogP contribution in [0.5, 0.6) is 0 Å². The maximum Gasteiger partial charge on any atom is 0.341 e. The third-order valence-corrected chi connectivity index (χ3v) is 3.34. The van der Waals surface area contributed by atoms with Crippen molar-refractivity contribution in [2.45, 2.75) is 0 Å². The van der Waals surface area contributed by atoms with Crippen molar-refractivity contribution in [3.05, 3.63) is 65.0 Å². The number of hydrogen-bond acceptors (Lipinski definition) is 4. The average molecular weight is 311 g/mol. The van der Waals surface area contributed by atoms with E-state index in [-0.39, 0.29) is 16.7 Å². The van der Waals surface area contributed by atoms with Gasteiger partial charge in [-0.15, -0.1) is 0 Å². The molecule has 3 aromatic rings. The molecular formula is C16H10FN3O3. The van der Waals surface area contributed by atoms with Crippen molar-refractivity contribution in [3.63, 3.8) is 0 Å². The minimum Gasteiger partial charge on any atom is -0.477 e. The summed E-state index contributed by atoms with van der Waals surface area (Å²) in [6.45, 7) is 3.56. The molecular weight excluding hydrogens is 301 g/mol. The molecule has 0 aliphatic heterocycles. The standard InChI is InChI=1S/C16H10FN3O3/c1-2-20-8-11(16(22)23)14(21)10-7-12(17)13(19-15(10)20)9-3-5-18-6-4-9/h2-8H,1H2,(H,22,23). The maximum absolute atomic E-state index is 14.3. The number of halogens is 1. The smallest absolute Gasteiger partial charge is 0.341 e. The van der Waals surface area contributed by atoms with Gasteiger partial charge in [0.25, 0.3) is 0 Å². The van der Waals surface area contributed by atoms with Gasteiger partial charge in [0.1, 0.15) is 22.7 Å². The number of fused-ring (bicyclic) bond motifs is 1. The lowest BCUT2D eigenvalue weighted by Crippen LogP contribution is -2.18. The number of rotatable bonds is 3. The summed E-state index contributed by atoms with van der Waals surface area (Å²) in [4.78, 5) is 31.4. The summed E-state index contributed by atoms with van der Waals surface area (Å²) >= 11 is 0. The van der Waals surface area contributed by atoms with Gasteiger partial charge in [-0.1, -0.05) is 6.58 Å². The van der Waals surface area contributed by atoms with Crippen molar-refractivity contribution < 1.29 is 14.3 Å². The van der Waals surface area contributed by atoms with Gasteiger partial charge in [-0.25, -0.2) is 14.2 Å². The van der Waals surface area contributed by atoms with E-state index in [4.69, 9.17) is 5.11 Å². The summed E-state index contributed by atoms with van der Waals surface area (Å²) in [6, 6.07) is 4.16. The number of aromatic nitrogens is 3. The minimum absolute atomic E-state index is 0.0398. The summed E-state index contributed by atoms with van der Waals surface area (Å²) < 4.78 is 15.6. The van der Waals surface area contributed by atoms with Crippen LogP contribution < -0.4 is 5.43 Å². The first-order chi connectivity index (χ1) is 11.0. The number of pyridine rings is 3. The third-order valence-electron chi connectivity index (χ3n) is 3.34. The second-order valence-electron chi connectivity index (χ2n) is 4.69. The summed E-state index contributed by atoms with van der Waals surface area (Å²) in [5.74, 6) is -2.12. The van der Waals surface area contributed by atoms with Crippen LogP contribution in [0, 0.1) is 5.82 Å². The lowest BCUT2D eigenvalue weighted by atomic mass is 10.1. The Hall–Kier alpha value is -3.35. The molecule has 0 aliphatic rings. The van der Waals surface area contributed by atoms with Gasteiger partial charge in [0, 0.05) is 30.4 Å². The van der Waals surface area contributed by atoms with E-state index in [9.17, 15) is 14.0 Å². The molecule has 0 fully saturated rings. The van der Waals surface area contributed by atoms with E-state index in [0.29, 0.717) is 5.56 Å². The second-order valence-corrected chi connectivity index (χ2v) is 4.69. The molecule has 0 bridgehead atoms. The number of nitrogens with zero attached hydrogens (tertiary/aromatic N) is 3. The Morgan fingerprint density at radius 3 is 2.65 bits per heavy atom. The SMILES string of the molecule is C=Cn1cc(C(=O)O)c(=O)c2cc(F)c(-c3ccncc3)nc21. The number of hydrogen-bond donors (Lipinski definition) is 1. The highest BCUT2D eigenvalue weighted by Gasteiger charge is 2.18. The highest BCUT2D eigenvalue weighted by molar-refractivity contribution is 5.92. The Bertz CT molecular complexity index is 997. The highest BCUT2D eigenvalue weighted by atomic mass is 19.1. The van der Waals surface area contributed by atoms with Gasteiger partial charge in [0.2, 0.25) is 5.43 Å². The van der Waals surface area contributed by atoms with E-state index in [1.54, 1.807) is 12.1 Å². The van der Waals surface area contributed by atoms with E-state index >= 15 is 0 Å². The van der Waals surface area contributed by atoms with Crippen molar-refractivity contribution >= 4 is 23.2 Å². The lowest BCUT2D eigenvalue weighted by Gasteiger charge is -2.09. The van der Waals surface area contributed by atoms with Crippen molar-refractivity contribution in [2.75, 3.05) is 0 Å². The molecule has 0 spiro atoms. The molecule has 0 amide bonds. The van der Waals surface area contributed by atoms with E-state index in [1.807, 2.05) is 0 Å². The minimum atomic E-state index is -1.40. The van der Waals surface area contributed by atoms with E-state index in [2.05, 4.69) is 16.5 Å². The van der Waals surface area contributed by atoms with Gasteiger partial charge in [0.15, 0.2) is 0 Å². The quantitative estimate of drug-likeness (QED) is 0.803. The molecule has 7 heteroatoms. The molecule has 0 aliphatic carbocycles. The fraction of sp³-hybridized carbons (Fsp3) is 0. The largest absolute Gasteiger partial charge is 0.477 e. The van der Waals surface area contributed by atoms with Gasteiger partial charge in [-0.05, 0) is 18.2 Å². The van der Waals surface area contributed by atoms with Crippen LogP contribution in [-0.4, -0.2) is 25.6 Å². The summed E-state index contributed by atoms with van der Waals surface area (Å²) in [7, 11) is 0. The number of carboxylic acids is 1. The molecule has 0 radical (unpaired) electrons. The van der Waals surface area contributed by atoms with Crippen LogP contribution in [0.4, 0.5) is 4.39 Å². The highest BCUT2D eigenvalue weighted by Crippen LogP contribution is 2.23. The number of aromatic carboxylic acids is 1. The topological polar surface area (TPSA) is 85.1 Å². The van der Waals surface area contributed by atoms with Crippen molar-refractivity contribution in [1.29, 1.82) is 0 Å². The van der Waals surface area contributed by atoms with Crippen molar-refractivity contribution in [3.8, 4) is 11.3 Å². The lowest BCUT2D eigenvalue weighted by molar-refractivity contribution is 0.0695. The Morgan fingerprint density at radius 2 is 2.04 bits per heavy atom. The molecule has 1 N–H and O–H groups in total. The van der Waals surface area contributed by atoms with Crippen LogP contribution >= 0.6 is 0 Å². The zero-order valence-corrected chi connectivity index (χ0v) is 11.7. The predicted octanol–water partition coefficient (Wildman–Crippen LogP) is 2.40. The van der Waals surface area contributed by atoms with Gasteiger partial charge in [-0.3, -0.25) is 9.78 Å². The molecule has 6 nitrogen and oxygen atoms in total. The van der Waals surface area contributed by atoms with Crippen LogP contribution in [0.1, 0.15) is 10.4 Å². The van der Waals surface area contributed by atoms with E-state index in [1.165, 1.54) is 23.2 Å². The van der Waals surface area contributed by atoms with E-state index in [0.717, 1.165) is 12.3 Å². The first-order valence-corrected chi connectivity index (χ1v) is 6.54. The van der Waals surface area contributed by atoms with E-state index < -0.39 is 22.8 Å². The summed E-state index contributed by atoms with van der Waals surface area (Å²) in [5, 5.41) is 8.95. The van der Waals surface area contributed by atoms with Crippen LogP contribution in [0.3, 0.4) is 0 Å². The monoisotopic (exact) mass is 311 g/mol. The Kier molecular flexibility index (Phi) is 3.46. The van der Waals surface area contributed by atoms with Gasteiger partial charge in [0.05, 0.1) is 5.39 Å². The molecule has 3 aromatic heterocycles. The molecule has 0 atom stereocenters. The average Bonchev–Trinajstić information content (AvgIpc) is 2.55. The van der Waals surface area contributed by atoms with Gasteiger partial charge < -0.3 is 9.67 Å². The Labute approximate surface area is 129 Å². The van der Waals surface area contributed by atoms with Crippen LogP contribution in [0.2, 0.25) is 0 Å². The molecule has 114 valence electrons. The zero-order valence-electron chi connectivity index (χ0n) is 11.7. The van der Waals surface area contributed by atoms with Crippen LogP contribution in [0.15, 0.2) is 48.2 Å². The molecule has 3 rings (SSSR count). The Balaban J connectivity index is 2.41. The first-order valence-electron chi connectivity index (χ1n) is 6.54. The fourth-order valence-electron chi connectivity index (χ4n) is 2.25. The molecule has 0 saturated carbocycles. The van der Waals surface area contributed by atoms with Crippen molar-refractivity contribution in [2.24, 2.45) is 0 Å². The molecule has 0 unspecified atom stereocenters. The van der Waals surface area contributed by atoms with Crippen LogP contribution in [-0.2, 0) is 0 Å². The van der Waals surface area contributed by atoms with Crippen LogP contribution in [0.25, 0.3) is 28.5 Å². The normalized spacial score (nSPS) is 10.7. The maximum atomic E-state index is 14.3.